The summed E-state index contributed by atoms with van der Waals surface area (Å²) in [6, 6.07) is 0. The molecular formula is C10H17N3O3. The van der Waals surface area contributed by atoms with Gasteiger partial charge >= 0.3 is 6.09 Å². The van der Waals surface area contributed by atoms with Crippen molar-refractivity contribution in [3.8, 4) is 0 Å². The smallest absolute Gasteiger partial charge is 0.407 e. The largest absolute Gasteiger partial charge is 0.444 e. The first kappa shape index (κ1) is 12.5. The molecule has 1 rings (SSSR count). The molecule has 1 aromatic rings. The highest BCUT2D eigenvalue weighted by Gasteiger charge is 2.17. The predicted molar refractivity (Wildman–Crippen MR) is 57.8 cm³/mol. The highest BCUT2D eigenvalue weighted by Crippen LogP contribution is 2.08. The van der Waals surface area contributed by atoms with Crippen molar-refractivity contribution < 1.29 is 14.6 Å². The lowest BCUT2D eigenvalue weighted by Crippen LogP contribution is -2.34. The maximum absolute atomic E-state index is 11.3. The topological polar surface area (TPSA) is 87.2 Å². The maximum atomic E-state index is 11.3. The van der Waals surface area contributed by atoms with E-state index in [9.17, 15) is 9.90 Å². The Kier molecular flexibility index (Phi) is 3.89. The Morgan fingerprint density at radius 2 is 2.38 bits per heavy atom. The molecule has 16 heavy (non-hydrogen) atoms. The summed E-state index contributed by atoms with van der Waals surface area (Å²) in [7, 11) is 0. The molecule has 0 spiro atoms. The normalized spacial score (nSPS) is 13.2. The van der Waals surface area contributed by atoms with Crippen molar-refractivity contribution in [2.24, 2.45) is 0 Å². The number of carbonyl (C=O) groups excluding carboxylic acids is 1. The van der Waals surface area contributed by atoms with Gasteiger partial charge in [-0.25, -0.2) is 9.78 Å². The third-order valence-electron chi connectivity index (χ3n) is 1.72. The molecule has 0 saturated heterocycles. The molecule has 0 aliphatic heterocycles. The van der Waals surface area contributed by atoms with Crippen LogP contribution in [0.5, 0.6) is 0 Å². The summed E-state index contributed by atoms with van der Waals surface area (Å²) in [6.45, 7) is 5.41. The van der Waals surface area contributed by atoms with Crippen LogP contribution in [-0.4, -0.2) is 33.3 Å². The summed E-state index contributed by atoms with van der Waals surface area (Å²) in [6.07, 6.45) is 1.61. The minimum atomic E-state index is -0.810. The van der Waals surface area contributed by atoms with Gasteiger partial charge in [0.15, 0.2) is 0 Å². The van der Waals surface area contributed by atoms with Crippen molar-refractivity contribution >= 4 is 6.09 Å². The van der Waals surface area contributed by atoms with Crippen molar-refractivity contribution in [1.29, 1.82) is 0 Å². The van der Waals surface area contributed by atoms with Crippen molar-refractivity contribution in [3.05, 3.63) is 18.2 Å². The van der Waals surface area contributed by atoms with E-state index in [1.54, 1.807) is 20.8 Å². The van der Waals surface area contributed by atoms with Gasteiger partial charge in [-0.05, 0) is 20.8 Å². The molecule has 1 amide bonds. The number of carbonyl (C=O) groups is 1. The third-order valence-corrected chi connectivity index (χ3v) is 1.72. The fraction of sp³-hybridized carbons (Fsp3) is 0.600. The van der Waals surface area contributed by atoms with Crippen LogP contribution in [0.4, 0.5) is 4.79 Å². The van der Waals surface area contributed by atoms with Gasteiger partial charge in [-0.1, -0.05) is 0 Å². The minimum absolute atomic E-state index is 0.0805. The molecule has 0 radical (unpaired) electrons. The molecule has 1 heterocycles. The number of amides is 1. The van der Waals surface area contributed by atoms with E-state index >= 15 is 0 Å². The molecule has 0 saturated carbocycles. The molecule has 3 N–H and O–H groups in total. The number of aromatic amines is 1. The van der Waals surface area contributed by atoms with Crippen LogP contribution in [0.15, 0.2) is 12.5 Å². The Balaban J connectivity index is 2.32. The van der Waals surface area contributed by atoms with E-state index in [0.717, 1.165) is 0 Å². The number of hydrogen-bond acceptors (Lipinski definition) is 4. The van der Waals surface area contributed by atoms with Crippen LogP contribution in [0.25, 0.3) is 0 Å². The number of H-pyrrole nitrogens is 1. The molecule has 90 valence electrons. The van der Waals surface area contributed by atoms with E-state index in [1.807, 2.05) is 0 Å². The summed E-state index contributed by atoms with van der Waals surface area (Å²) in [5.41, 5.74) is 0.0132. The van der Waals surface area contributed by atoms with Gasteiger partial charge in [0.2, 0.25) is 0 Å². The molecule has 1 unspecified atom stereocenters. The lowest BCUT2D eigenvalue weighted by atomic mass is 10.2. The molecule has 0 fully saturated rings. The van der Waals surface area contributed by atoms with Crippen LogP contribution in [0.3, 0.4) is 0 Å². The van der Waals surface area contributed by atoms with E-state index in [0.29, 0.717) is 5.69 Å². The first-order valence-corrected chi connectivity index (χ1v) is 5.01. The number of alkyl carbamates (subject to hydrolysis) is 1. The fourth-order valence-electron chi connectivity index (χ4n) is 1.05. The van der Waals surface area contributed by atoms with Crippen LogP contribution >= 0.6 is 0 Å². The van der Waals surface area contributed by atoms with Crippen LogP contribution in [0.1, 0.15) is 32.6 Å². The van der Waals surface area contributed by atoms with Crippen molar-refractivity contribution in [3.63, 3.8) is 0 Å². The maximum Gasteiger partial charge on any atom is 0.407 e. The predicted octanol–water partition coefficient (Wildman–Crippen LogP) is 0.968. The molecule has 6 nitrogen and oxygen atoms in total. The third kappa shape index (κ3) is 4.31. The van der Waals surface area contributed by atoms with Crippen molar-refractivity contribution in [1.82, 2.24) is 15.3 Å². The average molecular weight is 227 g/mol. The SMILES string of the molecule is CC(C)(C)OC(=O)NCC(O)c1cnc[nH]1. The van der Waals surface area contributed by atoms with E-state index in [2.05, 4.69) is 15.3 Å². The number of imidazole rings is 1. The van der Waals surface area contributed by atoms with Gasteiger partial charge in [0, 0.05) is 0 Å². The summed E-state index contributed by atoms with van der Waals surface area (Å²) in [5.74, 6) is 0. The second-order valence-electron chi connectivity index (χ2n) is 4.41. The van der Waals surface area contributed by atoms with Crippen LogP contribution in [-0.2, 0) is 4.74 Å². The number of nitrogens with one attached hydrogen (secondary N) is 2. The van der Waals surface area contributed by atoms with Crippen molar-refractivity contribution in [2.75, 3.05) is 6.54 Å². The van der Waals surface area contributed by atoms with Gasteiger partial charge in [0.25, 0.3) is 0 Å². The highest BCUT2D eigenvalue weighted by atomic mass is 16.6. The van der Waals surface area contributed by atoms with Crippen LogP contribution < -0.4 is 5.32 Å². The number of rotatable bonds is 3. The minimum Gasteiger partial charge on any atom is -0.444 e. The monoisotopic (exact) mass is 227 g/mol. The summed E-state index contributed by atoms with van der Waals surface area (Å²) in [4.78, 5) is 17.8. The first-order valence-electron chi connectivity index (χ1n) is 5.01. The molecule has 6 heteroatoms. The molecule has 0 bridgehead atoms. The van der Waals surface area contributed by atoms with Gasteiger partial charge in [-0.15, -0.1) is 0 Å². The summed E-state index contributed by atoms with van der Waals surface area (Å²) < 4.78 is 5.02. The molecule has 0 aliphatic rings. The molecule has 1 aromatic heterocycles. The zero-order valence-corrected chi connectivity index (χ0v) is 9.65. The van der Waals surface area contributed by atoms with Crippen molar-refractivity contribution in [2.45, 2.75) is 32.5 Å². The number of hydrogen-bond donors (Lipinski definition) is 3. The van der Waals surface area contributed by atoms with Gasteiger partial charge in [-0.2, -0.15) is 0 Å². The zero-order chi connectivity index (χ0) is 12.2. The van der Waals surface area contributed by atoms with E-state index in [1.165, 1.54) is 12.5 Å². The molecule has 0 aromatic carbocycles. The van der Waals surface area contributed by atoms with Crippen LogP contribution in [0.2, 0.25) is 0 Å². The Hall–Kier alpha value is -1.56. The number of aliphatic hydroxyl groups excluding tert-OH is 1. The second-order valence-corrected chi connectivity index (χ2v) is 4.41. The zero-order valence-electron chi connectivity index (χ0n) is 9.65. The van der Waals surface area contributed by atoms with Gasteiger partial charge < -0.3 is 20.1 Å². The number of aromatic nitrogens is 2. The Morgan fingerprint density at radius 3 is 2.88 bits per heavy atom. The summed E-state index contributed by atoms with van der Waals surface area (Å²) >= 11 is 0. The molecular weight excluding hydrogens is 210 g/mol. The number of ether oxygens (including phenoxy) is 1. The average Bonchev–Trinajstić information content (AvgIpc) is 2.64. The van der Waals surface area contributed by atoms with Gasteiger partial charge in [-0.3, -0.25) is 0 Å². The molecule has 0 aliphatic carbocycles. The Labute approximate surface area is 94.0 Å². The Bertz CT molecular complexity index is 330. The van der Waals surface area contributed by atoms with Gasteiger partial charge in [0.1, 0.15) is 11.7 Å². The fourth-order valence-corrected chi connectivity index (χ4v) is 1.05. The van der Waals surface area contributed by atoms with E-state index < -0.39 is 17.8 Å². The lowest BCUT2D eigenvalue weighted by molar-refractivity contribution is 0.0490. The standard InChI is InChI=1S/C10H17N3O3/c1-10(2,3)16-9(15)12-5-8(14)7-4-11-6-13-7/h4,6,8,14H,5H2,1-3H3,(H,11,13)(H,12,15). The Morgan fingerprint density at radius 1 is 1.69 bits per heavy atom. The quantitative estimate of drug-likeness (QED) is 0.718. The second kappa shape index (κ2) is 4.98. The van der Waals surface area contributed by atoms with Crippen LogP contribution in [0, 0.1) is 0 Å². The first-order chi connectivity index (χ1) is 7.38. The number of nitrogens with zero attached hydrogens (tertiary/aromatic N) is 1. The highest BCUT2D eigenvalue weighted by molar-refractivity contribution is 5.67. The lowest BCUT2D eigenvalue weighted by Gasteiger charge is -2.20. The molecule has 1 atom stereocenters. The van der Waals surface area contributed by atoms with E-state index in [-0.39, 0.29) is 6.54 Å². The summed E-state index contributed by atoms with van der Waals surface area (Å²) in [5, 5.41) is 12.1. The van der Waals surface area contributed by atoms with E-state index in [4.69, 9.17) is 4.74 Å². The van der Waals surface area contributed by atoms with Gasteiger partial charge in [0.05, 0.1) is 24.8 Å². The number of aliphatic hydroxyl groups is 1.